The smallest absolute Gasteiger partial charge is 0.251 e. The molecule has 0 bridgehead atoms. The molecule has 0 aliphatic carbocycles. The number of amides is 1. The van der Waals surface area contributed by atoms with Crippen molar-refractivity contribution in [1.82, 2.24) is 4.57 Å². The first-order valence-electron chi connectivity index (χ1n) is 7.83. The summed E-state index contributed by atoms with van der Waals surface area (Å²) in [6.07, 6.45) is 0. The average Bonchev–Trinajstić information content (AvgIpc) is 2.59. The molecule has 7 heteroatoms. The van der Waals surface area contributed by atoms with Crippen LogP contribution in [-0.4, -0.2) is 16.2 Å². The van der Waals surface area contributed by atoms with E-state index in [0.717, 1.165) is 31.5 Å². The first-order valence-corrected chi connectivity index (χ1v) is 9.99. The Kier molecular flexibility index (Phi) is 5.75. The molecular formula is C19H16BrClN2O2S. The molecule has 1 amide bonds. The number of fused-ring (bicyclic) bond motifs is 1. The number of hydrogen-bond donors (Lipinski definition) is 1. The Morgan fingerprint density at radius 3 is 2.73 bits per heavy atom. The molecule has 0 saturated carbocycles. The second kappa shape index (κ2) is 7.86. The number of thioether (sulfide) groups is 1. The zero-order valence-electron chi connectivity index (χ0n) is 14.2. The standard InChI is InChI=1S/C19H16BrClN2O2S/c1-11-7-12(20)3-6-15(11)22-18(24)10-26-17-9-19(25)23(2)16-8-13(21)4-5-14(16)17/h3-9H,10H2,1-2H3,(H,22,24). The highest BCUT2D eigenvalue weighted by atomic mass is 79.9. The summed E-state index contributed by atoms with van der Waals surface area (Å²) < 4.78 is 2.52. The molecule has 1 heterocycles. The van der Waals surface area contributed by atoms with Crippen LogP contribution in [0.2, 0.25) is 5.02 Å². The van der Waals surface area contributed by atoms with Gasteiger partial charge in [-0.3, -0.25) is 9.59 Å². The lowest BCUT2D eigenvalue weighted by Gasteiger charge is -2.11. The topological polar surface area (TPSA) is 51.1 Å². The van der Waals surface area contributed by atoms with E-state index in [0.29, 0.717) is 5.02 Å². The average molecular weight is 452 g/mol. The minimum Gasteiger partial charge on any atom is -0.325 e. The van der Waals surface area contributed by atoms with Crippen molar-refractivity contribution in [3.05, 3.63) is 67.9 Å². The fourth-order valence-corrected chi connectivity index (χ4v) is 4.13. The molecule has 0 aliphatic heterocycles. The second-order valence-corrected chi connectivity index (χ2v) is 8.23. The van der Waals surface area contributed by atoms with Gasteiger partial charge in [0.15, 0.2) is 0 Å². The molecule has 2 aromatic carbocycles. The first-order chi connectivity index (χ1) is 12.3. The van der Waals surface area contributed by atoms with Crippen molar-refractivity contribution >= 4 is 61.8 Å². The van der Waals surface area contributed by atoms with Gasteiger partial charge in [-0.25, -0.2) is 0 Å². The van der Waals surface area contributed by atoms with E-state index in [2.05, 4.69) is 21.2 Å². The van der Waals surface area contributed by atoms with E-state index >= 15 is 0 Å². The highest BCUT2D eigenvalue weighted by Gasteiger charge is 2.11. The Morgan fingerprint density at radius 2 is 2.00 bits per heavy atom. The van der Waals surface area contributed by atoms with Crippen molar-refractivity contribution < 1.29 is 4.79 Å². The number of hydrogen-bond acceptors (Lipinski definition) is 3. The lowest BCUT2D eigenvalue weighted by atomic mass is 10.2. The van der Waals surface area contributed by atoms with Gasteiger partial charge in [-0.15, -0.1) is 11.8 Å². The lowest BCUT2D eigenvalue weighted by molar-refractivity contribution is -0.113. The van der Waals surface area contributed by atoms with Crippen LogP contribution in [0.4, 0.5) is 5.69 Å². The molecule has 0 fully saturated rings. The number of carbonyl (C=O) groups is 1. The molecule has 0 radical (unpaired) electrons. The lowest BCUT2D eigenvalue weighted by Crippen LogP contribution is -2.17. The van der Waals surface area contributed by atoms with Crippen LogP contribution in [0, 0.1) is 6.92 Å². The largest absolute Gasteiger partial charge is 0.325 e. The normalized spacial score (nSPS) is 10.9. The molecule has 0 unspecified atom stereocenters. The van der Waals surface area contributed by atoms with Crippen molar-refractivity contribution in [3.8, 4) is 0 Å². The third kappa shape index (κ3) is 4.14. The molecule has 26 heavy (non-hydrogen) atoms. The Bertz CT molecular complexity index is 1070. The molecule has 3 aromatic rings. The summed E-state index contributed by atoms with van der Waals surface area (Å²) in [4.78, 5) is 25.3. The van der Waals surface area contributed by atoms with E-state index in [1.54, 1.807) is 29.8 Å². The van der Waals surface area contributed by atoms with Crippen LogP contribution in [0.15, 0.2) is 56.6 Å². The third-order valence-corrected chi connectivity index (χ3v) is 5.78. The summed E-state index contributed by atoms with van der Waals surface area (Å²) in [5, 5.41) is 4.37. The number of halogens is 2. The summed E-state index contributed by atoms with van der Waals surface area (Å²) in [6, 6.07) is 12.7. The van der Waals surface area contributed by atoms with Crippen LogP contribution in [0.5, 0.6) is 0 Å². The van der Waals surface area contributed by atoms with E-state index in [1.807, 2.05) is 31.2 Å². The third-order valence-electron chi connectivity index (χ3n) is 3.99. The highest BCUT2D eigenvalue weighted by molar-refractivity contribution is 9.10. The number of aromatic nitrogens is 1. The van der Waals surface area contributed by atoms with Crippen LogP contribution in [0.1, 0.15) is 5.56 Å². The van der Waals surface area contributed by atoms with Gasteiger partial charge >= 0.3 is 0 Å². The quantitative estimate of drug-likeness (QED) is 0.568. The number of benzene rings is 2. The second-order valence-electron chi connectivity index (χ2n) is 5.86. The Balaban J connectivity index is 1.80. The number of carbonyl (C=O) groups excluding carboxylic acids is 1. The van der Waals surface area contributed by atoms with Gasteiger partial charge in [-0.2, -0.15) is 0 Å². The van der Waals surface area contributed by atoms with Crippen molar-refractivity contribution in [2.75, 3.05) is 11.1 Å². The summed E-state index contributed by atoms with van der Waals surface area (Å²) in [7, 11) is 1.71. The van der Waals surface area contributed by atoms with Gasteiger partial charge in [0.2, 0.25) is 5.91 Å². The molecule has 4 nitrogen and oxygen atoms in total. The molecule has 1 N–H and O–H groups in total. The van der Waals surface area contributed by atoms with Crippen molar-refractivity contribution in [2.24, 2.45) is 7.05 Å². The van der Waals surface area contributed by atoms with Crippen LogP contribution >= 0.6 is 39.3 Å². The van der Waals surface area contributed by atoms with E-state index in [1.165, 1.54) is 11.8 Å². The number of aryl methyl sites for hydroxylation is 2. The van der Waals surface area contributed by atoms with Crippen LogP contribution < -0.4 is 10.9 Å². The van der Waals surface area contributed by atoms with Crippen molar-refractivity contribution in [3.63, 3.8) is 0 Å². The van der Waals surface area contributed by atoms with Crippen LogP contribution in [0.3, 0.4) is 0 Å². The minimum atomic E-state index is -0.133. The SMILES string of the molecule is Cc1cc(Br)ccc1NC(=O)CSc1cc(=O)n(C)c2cc(Cl)ccc12. The fraction of sp³-hybridized carbons (Fsp3) is 0.158. The van der Waals surface area contributed by atoms with Crippen molar-refractivity contribution in [2.45, 2.75) is 11.8 Å². The molecule has 134 valence electrons. The van der Waals surface area contributed by atoms with Gasteiger partial charge in [-0.05, 0) is 42.8 Å². The van der Waals surface area contributed by atoms with Gasteiger partial charge < -0.3 is 9.88 Å². The molecular weight excluding hydrogens is 436 g/mol. The highest BCUT2D eigenvalue weighted by Crippen LogP contribution is 2.28. The maximum atomic E-state index is 12.3. The van der Waals surface area contributed by atoms with E-state index in [4.69, 9.17) is 11.6 Å². The maximum absolute atomic E-state index is 12.3. The molecule has 0 saturated heterocycles. The molecule has 3 rings (SSSR count). The first kappa shape index (κ1) is 19.0. The molecule has 1 aromatic heterocycles. The summed E-state index contributed by atoms with van der Waals surface area (Å²) in [5.74, 6) is 0.0867. The van der Waals surface area contributed by atoms with Gasteiger partial charge in [-0.1, -0.05) is 33.6 Å². The van der Waals surface area contributed by atoms with Crippen LogP contribution in [-0.2, 0) is 11.8 Å². The van der Waals surface area contributed by atoms with Gasteiger partial charge in [0.05, 0.1) is 11.3 Å². The van der Waals surface area contributed by atoms with Gasteiger partial charge in [0.25, 0.3) is 5.56 Å². The predicted molar refractivity (Wildman–Crippen MR) is 112 cm³/mol. The number of anilines is 1. The monoisotopic (exact) mass is 450 g/mol. The maximum Gasteiger partial charge on any atom is 0.251 e. The predicted octanol–water partition coefficient (Wildman–Crippen LogP) is 4.99. The molecule has 0 atom stereocenters. The van der Waals surface area contributed by atoms with Crippen LogP contribution in [0.25, 0.3) is 10.9 Å². The summed E-state index contributed by atoms with van der Waals surface area (Å²) in [6.45, 7) is 1.94. The van der Waals surface area contributed by atoms with Gasteiger partial charge in [0, 0.05) is 38.6 Å². The number of nitrogens with one attached hydrogen (secondary N) is 1. The number of nitrogens with zero attached hydrogens (tertiary/aromatic N) is 1. The van der Waals surface area contributed by atoms with Crippen molar-refractivity contribution in [1.29, 1.82) is 0 Å². The van der Waals surface area contributed by atoms with Gasteiger partial charge in [0.1, 0.15) is 0 Å². The number of pyridine rings is 1. The van der Waals surface area contributed by atoms with E-state index in [9.17, 15) is 9.59 Å². The summed E-state index contributed by atoms with van der Waals surface area (Å²) in [5.41, 5.74) is 2.37. The zero-order chi connectivity index (χ0) is 18.8. The Morgan fingerprint density at radius 1 is 1.23 bits per heavy atom. The fourth-order valence-electron chi connectivity index (χ4n) is 2.61. The van der Waals surface area contributed by atoms with E-state index < -0.39 is 0 Å². The zero-order valence-corrected chi connectivity index (χ0v) is 17.3. The molecule has 0 spiro atoms. The Hall–Kier alpha value is -1.76. The molecule has 0 aliphatic rings. The summed E-state index contributed by atoms with van der Waals surface area (Å²) >= 11 is 10.8. The number of rotatable bonds is 4. The minimum absolute atomic E-state index is 0.122. The van der Waals surface area contributed by atoms with E-state index in [-0.39, 0.29) is 17.2 Å². The Labute approximate surface area is 168 Å².